The first-order valence-corrected chi connectivity index (χ1v) is 7.99. The van der Waals surface area contributed by atoms with Gasteiger partial charge in [-0.1, -0.05) is 32.0 Å². The van der Waals surface area contributed by atoms with Crippen LogP contribution in [0.15, 0.2) is 24.3 Å². The molecule has 0 saturated heterocycles. The van der Waals surface area contributed by atoms with Gasteiger partial charge in [0.25, 0.3) is 0 Å². The van der Waals surface area contributed by atoms with Gasteiger partial charge in [-0.25, -0.2) is 0 Å². The summed E-state index contributed by atoms with van der Waals surface area (Å²) in [5.41, 5.74) is 1.17. The van der Waals surface area contributed by atoms with Crippen LogP contribution in [0.5, 0.6) is 5.75 Å². The van der Waals surface area contributed by atoms with Gasteiger partial charge in [-0.2, -0.15) is 0 Å². The average molecular weight is 290 g/mol. The highest BCUT2D eigenvalue weighted by Crippen LogP contribution is 2.27. The van der Waals surface area contributed by atoms with E-state index < -0.39 is 0 Å². The fourth-order valence-electron chi connectivity index (χ4n) is 2.40. The Kier molecular flexibility index (Phi) is 6.05. The number of hydrogen-bond donors (Lipinski definition) is 2. The SMILES string of the molecule is CCNC(CC)c1ccccc1OCCC(=O)NC1CC1. The van der Waals surface area contributed by atoms with Crippen LogP contribution < -0.4 is 15.4 Å². The van der Waals surface area contributed by atoms with Crippen LogP contribution in [0.1, 0.15) is 51.1 Å². The van der Waals surface area contributed by atoms with Crippen molar-refractivity contribution >= 4 is 5.91 Å². The predicted molar refractivity (Wildman–Crippen MR) is 84.4 cm³/mol. The zero-order valence-electron chi connectivity index (χ0n) is 13.0. The summed E-state index contributed by atoms with van der Waals surface area (Å²) in [6.07, 6.45) is 3.67. The molecular formula is C17H26N2O2. The number of amides is 1. The van der Waals surface area contributed by atoms with Crippen molar-refractivity contribution in [3.05, 3.63) is 29.8 Å². The predicted octanol–water partition coefficient (Wildman–Crippen LogP) is 2.79. The van der Waals surface area contributed by atoms with E-state index in [-0.39, 0.29) is 5.91 Å². The topological polar surface area (TPSA) is 50.4 Å². The summed E-state index contributed by atoms with van der Waals surface area (Å²) in [6, 6.07) is 8.79. The third kappa shape index (κ3) is 5.05. The lowest BCUT2D eigenvalue weighted by Gasteiger charge is -2.20. The summed E-state index contributed by atoms with van der Waals surface area (Å²) in [7, 11) is 0. The Balaban J connectivity index is 1.87. The van der Waals surface area contributed by atoms with Crippen LogP contribution in [-0.4, -0.2) is 25.1 Å². The van der Waals surface area contributed by atoms with Gasteiger partial charge in [0.15, 0.2) is 0 Å². The second-order valence-corrected chi connectivity index (χ2v) is 5.50. The molecule has 0 radical (unpaired) electrons. The summed E-state index contributed by atoms with van der Waals surface area (Å²) in [4.78, 5) is 11.7. The molecule has 0 spiro atoms. The molecule has 1 fully saturated rings. The highest BCUT2D eigenvalue weighted by atomic mass is 16.5. The fraction of sp³-hybridized carbons (Fsp3) is 0.588. The molecule has 2 rings (SSSR count). The van der Waals surface area contributed by atoms with Gasteiger partial charge in [0.2, 0.25) is 5.91 Å². The molecule has 1 amide bonds. The highest BCUT2D eigenvalue weighted by Gasteiger charge is 2.23. The lowest BCUT2D eigenvalue weighted by Crippen LogP contribution is -2.27. The van der Waals surface area contributed by atoms with E-state index in [1.165, 1.54) is 5.56 Å². The minimum absolute atomic E-state index is 0.0914. The number of benzene rings is 1. The maximum absolute atomic E-state index is 11.7. The van der Waals surface area contributed by atoms with Crippen molar-refractivity contribution in [3.8, 4) is 5.75 Å². The van der Waals surface area contributed by atoms with E-state index in [0.29, 0.717) is 25.1 Å². The fourth-order valence-corrected chi connectivity index (χ4v) is 2.40. The van der Waals surface area contributed by atoms with Crippen molar-refractivity contribution in [2.45, 2.75) is 51.6 Å². The third-order valence-corrected chi connectivity index (χ3v) is 3.68. The van der Waals surface area contributed by atoms with Crippen LogP contribution in [0.2, 0.25) is 0 Å². The molecular weight excluding hydrogens is 264 g/mol. The molecule has 1 aliphatic rings. The minimum atomic E-state index is 0.0914. The van der Waals surface area contributed by atoms with E-state index >= 15 is 0 Å². The Hall–Kier alpha value is -1.55. The molecule has 1 aromatic rings. The van der Waals surface area contributed by atoms with Gasteiger partial charge in [-0.15, -0.1) is 0 Å². The third-order valence-electron chi connectivity index (χ3n) is 3.68. The maximum atomic E-state index is 11.7. The number of hydrogen-bond acceptors (Lipinski definition) is 3. The van der Waals surface area contributed by atoms with E-state index in [0.717, 1.165) is 31.6 Å². The molecule has 0 aromatic heterocycles. The molecule has 1 aromatic carbocycles. The Labute approximate surface area is 127 Å². The lowest BCUT2D eigenvalue weighted by molar-refractivity contribution is -0.121. The van der Waals surface area contributed by atoms with Crippen LogP contribution in [0.25, 0.3) is 0 Å². The number of ether oxygens (including phenoxy) is 1. The summed E-state index contributed by atoms with van der Waals surface area (Å²) in [5.74, 6) is 0.971. The molecule has 1 saturated carbocycles. The Morgan fingerprint density at radius 3 is 2.76 bits per heavy atom. The van der Waals surface area contributed by atoms with Gasteiger partial charge >= 0.3 is 0 Å². The summed E-state index contributed by atoms with van der Waals surface area (Å²) >= 11 is 0. The van der Waals surface area contributed by atoms with Gasteiger partial charge in [-0.3, -0.25) is 4.79 Å². The van der Waals surface area contributed by atoms with E-state index in [2.05, 4.69) is 30.5 Å². The van der Waals surface area contributed by atoms with Crippen LogP contribution in [0.4, 0.5) is 0 Å². The Morgan fingerprint density at radius 1 is 1.33 bits per heavy atom. The molecule has 0 bridgehead atoms. The molecule has 116 valence electrons. The molecule has 0 aliphatic heterocycles. The zero-order chi connectivity index (χ0) is 15.1. The van der Waals surface area contributed by atoms with Gasteiger partial charge in [-0.05, 0) is 31.9 Å². The van der Waals surface area contributed by atoms with Crippen LogP contribution >= 0.6 is 0 Å². The summed E-state index contributed by atoms with van der Waals surface area (Å²) < 4.78 is 5.84. The first kappa shape index (κ1) is 15.8. The van der Waals surface area contributed by atoms with Gasteiger partial charge < -0.3 is 15.4 Å². The zero-order valence-corrected chi connectivity index (χ0v) is 13.0. The van der Waals surface area contributed by atoms with Crippen molar-refractivity contribution in [2.24, 2.45) is 0 Å². The molecule has 0 heterocycles. The molecule has 1 atom stereocenters. The normalized spacial score (nSPS) is 15.5. The summed E-state index contributed by atoms with van der Waals surface area (Å²) in [6.45, 7) is 5.62. The lowest BCUT2D eigenvalue weighted by atomic mass is 10.0. The molecule has 1 unspecified atom stereocenters. The van der Waals surface area contributed by atoms with Gasteiger partial charge in [0.1, 0.15) is 5.75 Å². The largest absolute Gasteiger partial charge is 0.493 e. The highest BCUT2D eigenvalue weighted by molar-refractivity contribution is 5.76. The smallest absolute Gasteiger partial charge is 0.223 e. The van der Waals surface area contributed by atoms with E-state index in [1.54, 1.807) is 0 Å². The number of carbonyl (C=O) groups is 1. The molecule has 2 N–H and O–H groups in total. The van der Waals surface area contributed by atoms with Crippen LogP contribution in [0.3, 0.4) is 0 Å². The van der Waals surface area contributed by atoms with Gasteiger partial charge in [0, 0.05) is 17.6 Å². The number of para-hydroxylation sites is 1. The maximum Gasteiger partial charge on any atom is 0.223 e. The second-order valence-electron chi connectivity index (χ2n) is 5.50. The van der Waals surface area contributed by atoms with E-state index in [1.807, 2.05) is 18.2 Å². The quantitative estimate of drug-likeness (QED) is 0.735. The monoisotopic (exact) mass is 290 g/mol. The average Bonchev–Trinajstić information content (AvgIpc) is 3.29. The summed E-state index contributed by atoms with van der Waals surface area (Å²) in [5, 5.41) is 6.44. The molecule has 4 nitrogen and oxygen atoms in total. The van der Waals surface area contributed by atoms with Crippen molar-refractivity contribution < 1.29 is 9.53 Å². The van der Waals surface area contributed by atoms with Gasteiger partial charge in [0.05, 0.1) is 13.0 Å². The van der Waals surface area contributed by atoms with Crippen LogP contribution in [0, 0.1) is 0 Å². The first-order valence-electron chi connectivity index (χ1n) is 7.99. The van der Waals surface area contributed by atoms with Crippen molar-refractivity contribution in [3.63, 3.8) is 0 Å². The van der Waals surface area contributed by atoms with Crippen molar-refractivity contribution in [1.82, 2.24) is 10.6 Å². The number of rotatable bonds is 9. The van der Waals surface area contributed by atoms with Crippen molar-refractivity contribution in [1.29, 1.82) is 0 Å². The van der Waals surface area contributed by atoms with E-state index in [9.17, 15) is 4.79 Å². The number of nitrogens with one attached hydrogen (secondary N) is 2. The first-order chi connectivity index (χ1) is 10.2. The molecule has 1 aliphatic carbocycles. The van der Waals surface area contributed by atoms with Crippen molar-refractivity contribution in [2.75, 3.05) is 13.2 Å². The Bertz CT molecular complexity index is 458. The minimum Gasteiger partial charge on any atom is -0.493 e. The van der Waals surface area contributed by atoms with Crippen LogP contribution in [-0.2, 0) is 4.79 Å². The second kappa shape index (κ2) is 8.03. The van der Waals surface area contributed by atoms with E-state index in [4.69, 9.17) is 4.74 Å². The molecule has 4 heteroatoms. The standard InChI is InChI=1S/C17H26N2O2/c1-3-15(18-4-2)14-7-5-6-8-16(14)21-12-11-17(20)19-13-9-10-13/h5-8,13,15,18H,3-4,9-12H2,1-2H3,(H,19,20). The Morgan fingerprint density at radius 2 is 2.10 bits per heavy atom. The number of carbonyl (C=O) groups excluding carboxylic acids is 1. The molecule has 21 heavy (non-hydrogen) atoms.